The molecule has 0 spiro atoms. The van der Waals surface area contributed by atoms with Gasteiger partial charge in [-0.05, 0) is 74.2 Å². The molecule has 1 aliphatic rings. The minimum atomic E-state index is 1.16. The average molecular weight is 383 g/mol. The summed E-state index contributed by atoms with van der Waals surface area (Å²) in [6, 6.07) is 39.8. The third-order valence-corrected chi connectivity index (χ3v) is 6.38. The largest absolute Gasteiger partial charge is 0.0622 e. The van der Waals surface area contributed by atoms with Gasteiger partial charge in [-0.15, -0.1) is 0 Å². The Kier molecular flexibility index (Phi) is 4.02. The van der Waals surface area contributed by atoms with Crippen LogP contribution in [0.5, 0.6) is 0 Å². The predicted octanol–water partition coefficient (Wildman–Crippen LogP) is 7.94. The van der Waals surface area contributed by atoms with Gasteiger partial charge in [-0.1, -0.05) is 103 Å². The highest BCUT2D eigenvalue weighted by atomic mass is 14.2. The van der Waals surface area contributed by atoms with Crippen LogP contribution in [0.4, 0.5) is 0 Å². The molecule has 30 heavy (non-hydrogen) atoms. The molecule has 0 heterocycles. The van der Waals surface area contributed by atoms with Crippen LogP contribution in [-0.4, -0.2) is 0 Å². The maximum Gasteiger partial charge on any atom is -0.00930 e. The molecule has 5 aromatic rings. The molecular weight excluding hydrogens is 360 g/mol. The van der Waals surface area contributed by atoms with E-state index in [-0.39, 0.29) is 0 Å². The monoisotopic (exact) mass is 382 g/mol. The molecule has 5 aromatic carbocycles. The number of hydrogen-bond donors (Lipinski definition) is 0. The van der Waals surface area contributed by atoms with Crippen LogP contribution in [0.25, 0.3) is 44.2 Å². The Bertz CT molecular complexity index is 1350. The molecule has 0 N–H and O–H groups in total. The molecule has 0 radical (unpaired) electrons. The highest BCUT2D eigenvalue weighted by Crippen LogP contribution is 2.42. The minimum absolute atomic E-state index is 1.16. The van der Waals surface area contributed by atoms with E-state index in [9.17, 15) is 0 Å². The molecular formula is C30H22. The predicted molar refractivity (Wildman–Crippen MR) is 128 cm³/mol. The molecule has 0 saturated heterocycles. The van der Waals surface area contributed by atoms with E-state index in [2.05, 4.69) is 109 Å². The Morgan fingerprint density at radius 2 is 1.07 bits per heavy atom. The lowest BCUT2D eigenvalue weighted by atomic mass is 9.88. The maximum absolute atomic E-state index is 2.37. The van der Waals surface area contributed by atoms with E-state index in [0.717, 1.165) is 12.8 Å². The van der Waals surface area contributed by atoms with Crippen molar-refractivity contribution in [3.63, 3.8) is 0 Å². The molecule has 0 bridgehead atoms. The highest BCUT2D eigenvalue weighted by molar-refractivity contribution is 6.04. The standard InChI is InChI=1S/C30H22/c1-3-8-21(9-4-1)25-17-18-26(22-10-5-2-6-11-22)29(20-25)27-19-16-24-15-14-23-12-7-13-28(27)30(23)24/h1-13,16-20H,14-15H2. The Hall–Kier alpha value is -3.64. The normalized spacial score (nSPS) is 12.4. The van der Waals surface area contributed by atoms with Crippen LogP contribution >= 0.6 is 0 Å². The van der Waals surface area contributed by atoms with E-state index in [0.29, 0.717) is 0 Å². The molecule has 0 amide bonds. The Labute approximate surface area is 177 Å². The van der Waals surface area contributed by atoms with E-state index >= 15 is 0 Å². The van der Waals surface area contributed by atoms with Gasteiger partial charge in [-0.2, -0.15) is 0 Å². The first-order valence-corrected chi connectivity index (χ1v) is 10.7. The zero-order valence-corrected chi connectivity index (χ0v) is 16.8. The van der Waals surface area contributed by atoms with Crippen LogP contribution in [-0.2, 0) is 12.8 Å². The third kappa shape index (κ3) is 2.76. The molecule has 142 valence electrons. The van der Waals surface area contributed by atoms with Gasteiger partial charge in [0.25, 0.3) is 0 Å². The lowest BCUT2D eigenvalue weighted by Crippen LogP contribution is -1.90. The first-order valence-electron chi connectivity index (χ1n) is 10.7. The van der Waals surface area contributed by atoms with Crippen molar-refractivity contribution >= 4 is 10.8 Å². The van der Waals surface area contributed by atoms with Gasteiger partial charge in [-0.25, -0.2) is 0 Å². The summed E-state index contributed by atoms with van der Waals surface area (Å²) in [5.74, 6) is 0. The number of rotatable bonds is 3. The van der Waals surface area contributed by atoms with E-state index in [1.807, 2.05) is 0 Å². The van der Waals surface area contributed by atoms with Crippen LogP contribution < -0.4 is 0 Å². The van der Waals surface area contributed by atoms with Crippen LogP contribution in [0.1, 0.15) is 11.1 Å². The fourth-order valence-corrected chi connectivity index (χ4v) is 4.93. The van der Waals surface area contributed by atoms with Gasteiger partial charge < -0.3 is 0 Å². The van der Waals surface area contributed by atoms with Crippen LogP contribution in [0, 0.1) is 0 Å². The topological polar surface area (TPSA) is 0 Å². The molecule has 0 aromatic heterocycles. The first-order chi connectivity index (χ1) is 14.9. The Balaban J connectivity index is 1.65. The van der Waals surface area contributed by atoms with Crippen molar-refractivity contribution < 1.29 is 0 Å². The van der Waals surface area contributed by atoms with Gasteiger partial charge >= 0.3 is 0 Å². The molecule has 0 fully saturated rings. The molecule has 1 aliphatic carbocycles. The average Bonchev–Trinajstić information content (AvgIpc) is 3.25. The summed E-state index contributed by atoms with van der Waals surface area (Å²) >= 11 is 0. The summed E-state index contributed by atoms with van der Waals surface area (Å²) in [5, 5.41) is 2.85. The maximum atomic E-state index is 2.37. The Morgan fingerprint density at radius 1 is 0.400 bits per heavy atom. The van der Waals surface area contributed by atoms with Crippen molar-refractivity contribution in [2.24, 2.45) is 0 Å². The van der Waals surface area contributed by atoms with E-state index in [4.69, 9.17) is 0 Å². The number of aryl methyl sites for hydroxylation is 2. The number of hydrogen-bond acceptors (Lipinski definition) is 0. The summed E-state index contributed by atoms with van der Waals surface area (Å²) in [7, 11) is 0. The third-order valence-electron chi connectivity index (χ3n) is 6.38. The van der Waals surface area contributed by atoms with Crippen molar-refractivity contribution in [2.45, 2.75) is 12.8 Å². The second-order valence-corrected chi connectivity index (χ2v) is 8.10. The Morgan fingerprint density at radius 3 is 1.83 bits per heavy atom. The fraction of sp³-hybridized carbons (Fsp3) is 0.0667. The van der Waals surface area contributed by atoms with Crippen molar-refractivity contribution in [2.75, 3.05) is 0 Å². The van der Waals surface area contributed by atoms with Gasteiger partial charge in [0.05, 0.1) is 0 Å². The van der Waals surface area contributed by atoms with E-state index in [1.54, 1.807) is 0 Å². The van der Waals surface area contributed by atoms with Gasteiger partial charge in [0.15, 0.2) is 0 Å². The lowest BCUT2D eigenvalue weighted by molar-refractivity contribution is 1.02. The zero-order valence-electron chi connectivity index (χ0n) is 16.8. The molecule has 6 rings (SSSR count). The number of benzene rings is 5. The van der Waals surface area contributed by atoms with Crippen molar-refractivity contribution in [1.29, 1.82) is 0 Å². The molecule has 0 atom stereocenters. The van der Waals surface area contributed by atoms with Crippen molar-refractivity contribution in [3.8, 4) is 33.4 Å². The quantitative estimate of drug-likeness (QED) is 0.297. The van der Waals surface area contributed by atoms with Crippen molar-refractivity contribution in [1.82, 2.24) is 0 Å². The van der Waals surface area contributed by atoms with Crippen LogP contribution in [0.3, 0.4) is 0 Å². The summed E-state index contributed by atoms with van der Waals surface area (Å²) in [6.07, 6.45) is 2.32. The zero-order chi connectivity index (χ0) is 19.9. The van der Waals surface area contributed by atoms with Gasteiger partial charge in [0.2, 0.25) is 0 Å². The molecule has 0 aliphatic heterocycles. The summed E-state index contributed by atoms with van der Waals surface area (Å²) in [5.41, 5.74) is 10.7. The molecule has 0 saturated carbocycles. The molecule has 0 unspecified atom stereocenters. The minimum Gasteiger partial charge on any atom is -0.0622 e. The van der Waals surface area contributed by atoms with Crippen LogP contribution in [0.15, 0.2) is 109 Å². The van der Waals surface area contributed by atoms with Crippen molar-refractivity contribution in [3.05, 3.63) is 120 Å². The second kappa shape index (κ2) is 7.00. The highest BCUT2D eigenvalue weighted by Gasteiger charge is 2.18. The summed E-state index contributed by atoms with van der Waals surface area (Å²) in [4.78, 5) is 0. The summed E-state index contributed by atoms with van der Waals surface area (Å²) < 4.78 is 0. The van der Waals surface area contributed by atoms with Gasteiger partial charge in [0, 0.05) is 0 Å². The first kappa shape index (κ1) is 17.2. The second-order valence-electron chi connectivity index (χ2n) is 8.10. The van der Waals surface area contributed by atoms with Crippen LogP contribution in [0.2, 0.25) is 0 Å². The smallest absolute Gasteiger partial charge is 0.00930 e. The lowest BCUT2D eigenvalue weighted by Gasteiger charge is -2.16. The van der Waals surface area contributed by atoms with Gasteiger partial charge in [0.1, 0.15) is 0 Å². The van der Waals surface area contributed by atoms with E-state index in [1.165, 1.54) is 55.3 Å². The van der Waals surface area contributed by atoms with E-state index < -0.39 is 0 Å². The van der Waals surface area contributed by atoms with Gasteiger partial charge in [-0.3, -0.25) is 0 Å². The molecule has 0 nitrogen and oxygen atoms in total. The SMILES string of the molecule is c1ccc(-c2ccc(-c3ccccc3)c(-c3ccc4c5c(cccc35)CC4)c2)cc1. The fourth-order valence-electron chi connectivity index (χ4n) is 4.93. The molecule has 0 heteroatoms. The summed E-state index contributed by atoms with van der Waals surface area (Å²) in [6.45, 7) is 0.